The molecule has 0 atom stereocenters. The van der Waals surface area contributed by atoms with Crippen molar-refractivity contribution in [1.82, 2.24) is 4.98 Å². The maximum atomic E-state index is 13.2. The van der Waals surface area contributed by atoms with Gasteiger partial charge in [0, 0.05) is 32.7 Å². The summed E-state index contributed by atoms with van der Waals surface area (Å²) in [5.74, 6) is -0.524. The average molecular weight is 397 g/mol. The summed E-state index contributed by atoms with van der Waals surface area (Å²) in [5, 5.41) is 0.846. The largest absolute Gasteiger partial charge is 0.360 e. The predicted molar refractivity (Wildman–Crippen MR) is 83.5 cm³/mol. The fraction of sp³-hybridized carbons (Fsp3) is 0. The van der Waals surface area contributed by atoms with Gasteiger partial charge in [-0.1, -0.05) is 22.0 Å². The second kappa shape index (κ2) is 5.14. The lowest BCUT2D eigenvalue weighted by atomic mass is 10.0. The number of halogens is 3. The standard InChI is InChI=1S/C15H8Br2FNO/c16-9-2-3-10-11(7-19-14(10)6-9)15(20)8-1-4-13(18)12(17)5-8/h1-7,19H. The van der Waals surface area contributed by atoms with Crippen molar-refractivity contribution in [2.75, 3.05) is 0 Å². The van der Waals surface area contributed by atoms with Crippen LogP contribution in [0.1, 0.15) is 15.9 Å². The molecule has 100 valence electrons. The zero-order chi connectivity index (χ0) is 14.3. The van der Waals surface area contributed by atoms with E-state index in [9.17, 15) is 9.18 Å². The molecule has 2 nitrogen and oxygen atoms in total. The van der Waals surface area contributed by atoms with E-state index in [4.69, 9.17) is 0 Å². The van der Waals surface area contributed by atoms with E-state index < -0.39 is 0 Å². The number of benzene rings is 2. The molecular weight excluding hydrogens is 389 g/mol. The van der Waals surface area contributed by atoms with Gasteiger partial charge >= 0.3 is 0 Å². The Hall–Kier alpha value is -1.46. The van der Waals surface area contributed by atoms with Crippen molar-refractivity contribution in [2.24, 2.45) is 0 Å². The zero-order valence-corrected chi connectivity index (χ0v) is 13.3. The molecule has 0 saturated carbocycles. The van der Waals surface area contributed by atoms with Crippen LogP contribution in [0.3, 0.4) is 0 Å². The molecule has 0 radical (unpaired) electrons. The van der Waals surface area contributed by atoms with Crippen molar-refractivity contribution in [2.45, 2.75) is 0 Å². The van der Waals surface area contributed by atoms with Gasteiger partial charge in [0.15, 0.2) is 5.78 Å². The summed E-state index contributed by atoms with van der Waals surface area (Å²) in [7, 11) is 0. The predicted octanol–water partition coefficient (Wildman–Crippen LogP) is 5.06. The molecule has 2 aromatic carbocycles. The van der Waals surface area contributed by atoms with E-state index in [1.54, 1.807) is 6.20 Å². The van der Waals surface area contributed by atoms with Crippen molar-refractivity contribution in [1.29, 1.82) is 0 Å². The van der Waals surface area contributed by atoms with Gasteiger partial charge in [0.1, 0.15) is 5.82 Å². The smallest absolute Gasteiger partial charge is 0.195 e. The number of rotatable bonds is 2. The highest BCUT2D eigenvalue weighted by Crippen LogP contribution is 2.25. The minimum Gasteiger partial charge on any atom is -0.360 e. The van der Waals surface area contributed by atoms with Gasteiger partial charge in [-0.3, -0.25) is 4.79 Å². The number of hydrogen-bond acceptors (Lipinski definition) is 1. The third-order valence-corrected chi connectivity index (χ3v) is 4.17. The number of carbonyl (C=O) groups is 1. The molecule has 5 heteroatoms. The van der Waals surface area contributed by atoms with Crippen LogP contribution in [0.2, 0.25) is 0 Å². The monoisotopic (exact) mass is 395 g/mol. The Morgan fingerprint density at radius 2 is 1.90 bits per heavy atom. The quantitative estimate of drug-likeness (QED) is 0.603. The lowest BCUT2D eigenvalue weighted by molar-refractivity contribution is 0.104. The Morgan fingerprint density at radius 3 is 2.65 bits per heavy atom. The minimum atomic E-state index is -0.385. The van der Waals surface area contributed by atoms with E-state index in [0.29, 0.717) is 11.1 Å². The second-order valence-corrected chi connectivity index (χ2v) is 6.12. The fourth-order valence-corrected chi connectivity index (χ4v) is 2.82. The van der Waals surface area contributed by atoms with Crippen molar-refractivity contribution in [3.8, 4) is 0 Å². The molecule has 3 aromatic rings. The molecule has 0 aliphatic rings. The maximum Gasteiger partial charge on any atom is 0.195 e. The topological polar surface area (TPSA) is 32.9 Å². The van der Waals surface area contributed by atoms with Crippen LogP contribution in [0.15, 0.2) is 51.5 Å². The number of H-pyrrole nitrogens is 1. The van der Waals surface area contributed by atoms with E-state index in [0.717, 1.165) is 15.4 Å². The van der Waals surface area contributed by atoms with Crippen LogP contribution >= 0.6 is 31.9 Å². The highest BCUT2D eigenvalue weighted by atomic mass is 79.9. The summed E-state index contributed by atoms with van der Waals surface area (Å²) in [4.78, 5) is 15.6. The van der Waals surface area contributed by atoms with Crippen LogP contribution in [0.4, 0.5) is 4.39 Å². The van der Waals surface area contributed by atoms with Gasteiger partial charge in [0.05, 0.1) is 4.47 Å². The van der Waals surface area contributed by atoms with Crippen molar-refractivity contribution in [3.63, 3.8) is 0 Å². The van der Waals surface area contributed by atoms with Crippen LogP contribution in [0.25, 0.3) is 10.9 Å². The zero-order valence-electron chi connectivity index (χ0n) is 10.1. The van der Waals surface area contributed by atoms with Gasteiger partial charge in [0.25, 0.3) is 0 Å². The Balaban J connectivity index is 2.10. The Morgan fingerprint density at radius 1 is 1.10 bits per heavy atom. The molecule has 0 saturated heterocycles. The third-order valence-electron chi connectivity index (χ3n) is 3.07. The normalized spacial score (nSPS) is 10.9. The van der Waals surface area contributed by atoms with Crippen LogP contribution < -0.4 is 0 Å². The van der Waals surface area contributed by atoms with Gasteiger partial charge in [0.2, 0.25) is 0 Å². The highest BCUT2D eigenvalue weighted by molar-refractivity contribution is 9.10. The average Bonchev–Trinajstić information content (AvgIpc) is 2.84. The summed E-state index contributed by atoms with van der Waals surface area (Å²) < 4.78 is 14.5. The molecule has 0 aliphatic heterocycles. The second-order valence-electron chi connectivity index (χ2n) is 4.35. The molecule has 0 fully saturated rings. The van der Waals surface area contributed by atoms with Crippen molar-refractivity contribution in [3.05, 3.63) is 68.5 Å². The summed E-state index contributed by atoms with van der Waals surface area (Å²) in [6.07, 6.45) is 1.68. The number of carbonyl (C=O) groups excluding carboxylic acids is 1. The SMILES string of the molecule is O=C(c1ccc(F)c(Br)c1)c1c[nH]c2cc(Br)ccc12. The molecular formula is C15H8Br2FNO. The number of aromatic amines is 1. The lowest BCUT2D eigenvalue weighted by Crippen LogP contribution is -2.00. The Kier molecular flexibility index (Phi) is 3.48. The number of aromatic nitrogens is 1. The maximum absolute atomic E-state index is 13.2. The molecule has 0 aliphatic carbocycles. The van der Waals surface area contributed by atoms with E-state index in [1.807, 2.05) is 18.2 Å². The highest BCUT2D eigenvalue weighted by Gasteiger charge is 2.15. The molecule has 0 amide bonds. The summed E-state index contributed by atoms with van der Waals surface area (Å²) in [5.41, 5.74) is 1.90. The number of nitrogens with one attached hydrogen (secondary N) is 1. The molecule has 0 unspecified atom stereocenters. The number of fused-ring (bicyclic) bond motifs is 1. The van der Waals surface area contributed by atoms with Crippen molar-refractivity contribution < 1.29 is 9.18 Å². The van der Waals surface area contributed by atoms with E-state index in [-0.39, 0.29) is 16.1 Å². The summed E-state index contributed by atoms with van der Waals surface area (Å²) in [6.45, 7) is 0. The summed E-state index contributed by atoms with van der Waals surface area (Å²) >= 11 is 6.48. The molecule has 1 heterocycles. The third kappa shape index (κ3) is 2.31. The first kappa shape index (κ1) is 13.5. The minimum absolute atomic E-state index is 0.140. The van der Waals surface area contributed by atoms with Crippen LogP contribution in [0.5, 0.6) is 0 Å². The van der Waals surface area contributed by atoms with Gasteiger partial charge in [-0.15, -0.1) is 0 Å². The van der Waals surface area contributed by atoms with E-state index in [1.165, 1.54) is 18.2 Å². The van der Waals surface area contributed by atoms with Gasteiger partial charge in [-0.25, -0.2) is 4.39 Å². The molecule has 0 bridgehead atoms. The molecule has 1 N–H and O–H groups in total. The van der Waals surface area contributed by atoms with E-state index >= 15 is 0 Å². The summed E-state index contributed by atoms with van der Waals surface area (Å²) in [6, 6.07) is 9.93. The lowest BCUT2D eigenvalue weighted by Gasteiger charge is -2.02. The molecule has 0 spiro atoms. The fourth-order valence-electron chi connectivity index (χ4n) is 2.08. The first-order valence-corrected chi connectivity index (χ1v) is 7.41. The molecule has 1 aromatic heterocycles. The number of hydrogen-bond donors (Lipinski definition) is 1. The molecule has 20 heavy (non-hydrogen) atoms. The Labute approximate surface area is 131 Å². The first-order valence-electron chi connectivity index (χ1n) is 5.82. The van der Waals surface area contributed by atoms with E-state index in [2.05, 4.69) is 36.8 Å². The van der Waals surface area contributed by atoms with Crippen LogP contribution in [0, 0.1) is 5.82 Å². The van der Waals surface area contributed by atoms with Crippen LogP contribution in [-0.2, 0) is 0 Å². The first-order chi connectivity index (χ1) is 9.56. The van der Waals surface area contributed by atoms with Gasteiger partial charge in [-0.05, 0) is 46.3 Å². The molecule has 3 rings (SSSR count). The Bertz CT molecular complexity index is 826. The van der Waals surface area contributed by atoms with Crippen molar-refractivity contribution >= 4 is 48.5 Å². The van der Waals surface area contributed by atoms with Crippen LogP contribution in [-0.4, -0.2) is 10.8 Å². The van der Waals surface area contributed by atoms with Gasteiger partial charge < -0.3 is 4.98 Å². The number of ketones is 1. The van der Waals surface area contributed by atoms with Gasteiger partial charge in [-0.2, -0.15) is 0 Å².